The topological polar surface area (TPSA) is 95.7 Å². The van der Waals surface area contributed by atoms with Gasteiger partial charge in [0.15, 0.2) is 0 Å². The molecule has 222 valence electrons. The van der Waals surface area contributed by atoms with E-state index in [9.17, 15) is 39.6 Å². The summed E-state index contributed by atoms with van der Waals surface area (Å²) < 4.78 is 122. The van der Waals surface area contributed by atoms with Crippen LogP contribution in [-0.4, -0.2) is 62.3 Å². The van der Waals surface area contributed by atoms with Crippen molar-refractivity contribution in [2.45, 2.75) is 114 Å². The Kier molecular flexibility index (Phi) is 8.60. The van der Waals surface area contributed by atoms with Gasteiger partial charge in [0.25, 0.3) is 0 Å². The Labute approximate surface area is 221 Å². The van der Waals surface area contributed by atoms with Crippen LogP contribution in [0.2, 0.25) is 0 Å². The molecule has 3 rings (SSSR count). The Morgan fingerprint density at radius 3 is 2.08 bits per heavy atom. The molecule has 0 aromatic heterocycles. The van der Waals surface area contributed by atoms with Crippen molar-refractivity contribution >= 4 is 16.7 Å². The first kappa shape index (κ1) is 31.4. The third-order valence-electron chi connectivity index (χ3n) is 9.90. The number of hydrogen-bond donors (Lipinski definition) is 2. The van der Waals surface area contributed by atoms with Gasteiger partial charge in [0.2, 0.25) is 0 Å². The Morgan fingerprint density at radius 2 is 1.61 bits per heavy atom. The smallest absolute Gasteiger partial charge is 0.373 e. The van der Waals surface area contributed by atoms with E-state index in [0.29, 0.717) is 19.3 Å². The van der Waals surface area contributed by atoms with E-state index in [1.54, 1.807) is 13.8 Å². The van der Waals surface area contributed by atoms with Gasteiger partial charge in [0.05, 0.1) is 17.9 Å². The molecule has 0 aliphatic heterocycles. The van der Waals surface area contributed by atoms with E-state index < -0.39 is 81.8 Å². The third kappa shape index (κ3) is 4.86. The molecule has 4 atom stereocenters. The molecule has 3 aliphatic carbocycles. The van der Waals surface area contributed by atoms with Crippen molar-refractivity contribution < 1.29 is 49.0 Å². The number of thiol groups is 1. The first-order valence-electron chi connectivity index (χ1n) is 13.1. The molecular formula is C25H39F6NO5S. The van der Waals surface area contributed by atoms with Crippen LogP contribution in [0.4, 0.5) is 26.3 Å². The van der Waals surface area contributed by atoms with Crippen LogP contribution in [0.25, 0.3) is 0 Å². The number of nitrogens with two attached hydrogens (primary N) is 1. The highest BCUT2D eigenvalue weighted by Gasteiger charge is 2.74. The van der Waals surface area contributed by atoms with Crippen LogP contribution in [0.1, 0.15) is 79.1 Å². The van der Waals surface area contributed by atoms with Gasteiger partial charge in [-0.3, -0.25) is 0 Å². The molecule has 3 fully saturated rings. The van der Waals surface area contributed by atoms with Crippen LogP contribution >= 0.6 is 0 Å². The predicted molar refractivity (Wildman–Crippen MR) is 128 cm³/mol. The number of hydrogen-bond acceptors (Lipinski definition) is 6. The lowest BCUT2D eigenvalue weighted by atomic mass is 9.64. The minimum atomic E-state index is -5.87. The number of esters is 1. The van der Waals surface area contributed by atoms with E-state index >= 15 is 0 Å². The van der Waals surface area contributed by atoms with Gasteiger partial charge in [-0.2, -0.15) is 26.3 Å². The average molecular weight is 580 g/mol. The van der Waals surface area contributed by atoms with Crippen LogP contribution in [0.5, 0.6) is 0 Å². The fourth-order valence-corrected chi connectivity index (χ4v) is 8.75. The van der Waals surface area contributed by atoms with Gasteiger partial charge in [-0.15, -0.1) is 0 Å². The summed E-state index contributed by atoms with van der Waals surface area (Å²) in [6.07, 6.45) is 0.795. The van der Waals surface area contributed by atoms with Crippen LogP contribution in [-0.2, 0) is 25.0 Å². The molecule has 6 nitrogen and oxygen atoms in total. The maximum absolute atomic E-state index is 14.8. The van der Waals surface area contributed by atoms with E-state index in [-0.39, 0.29) is 24.7 Å². The lowest BCUT2D eigenvalue weighted by molar-refractivity contribution is -0.308. The minimum absolute atomic E-state index is 0.0449. The van der Waals surface area contributed by atoms with Crippen molar-refractivity contribution in [3.8, 4) is 0 Å². The zero-order chi connectivity index (χ0) is 28.9. The second-order valence-electron chi connectivity index (χ2n) is 12.1. The quantitative estimate of drug-likeness (QED) is 0.193. The lowest BCUT2D eigenvalue weighted by Crippen LogP contribution is -2.60. The monoisotopic (exact) mass is 579 g/mol. The van der Waals surface area contributed by atoms with E-state index in [1.807, 2.05) is 13.8 Å². The van der Waals surface area contributed by atoms with E-state index in [2.05, 4.69) is 5.73 Å². The van der Waals surface area contributed by atoms with Gasteiger partial charge in [0.1, 0.15) is 22.9 Å². The van der Waals surface area contributed by atoms with Crippen molar-refractivity contribution in [2.75, 3.05) is 13.2 Å². The predicted octanol–water partition coefficient (Wildman–Crippen LogP) is 4.94. The molecule has 38 heavy (non-hydrogen) atoms. The van der Waals surface area contributed by atoms with Gasteiger partial charge >= 0.3 is 23.7 Å². The van der Waals surface area contributed by atoms with Crippen LogP contribution < -0.4 is 5.73 Å². The highest BCUT2D eigenvalue weighted by atomic mass is 32.2. The second kappa shape index (κ2) is 10.4. The summed E-state index contributed by atoms with van der Waals surface area (Å²) in [5.41, 5.74) is 1.44. The summed E-state index contributed by atoms with van der Waals surface area (Å²) in [5.74, 6) is -17.3. The van der Waals surface area contributed by atoms with Gasteiger partial charge < -0.3 is 15.2 Å². The van der Waals surface area contributed by atoms with E-state index in [4.69, 9.17) is 9.47 Å². The molecule has 4 unspecified atom stereocenters. The van der Waals surface area contributed by atoms with Crippen molar-refractivity contribution in [3.05, 3.63) is 0 Å². The maximum Gasteiger partial charge on any atom is 0.373 e. The second-order valence-corrected chi connectivity index (χ2v) is 13.3. The fourth-order valence-electron chi connectivity index (χ4n) is 7.37. The molecule has 2 bridgehead atoms. The number of rotatable bonds is 12. The first-order valence-corrected chi connectivity index (χ1v) is 14.4. The number of ether oxygens (including phenoxy) is 2. The highest BCUT2D eigenvalue weighted by molar-refractivity contribution is 7.73. The Morgan fingerprint density at radius 1 is 1.03 bits per heavy atom. The normalized spacial score (nSPS) is 29.8. The number of carbonyl (C=O) groups excluding carboxylic acids is 1. The number of halogens is 6. The Hall–Kier alpha value is -1.08. The summed E-state index contributed by atoms with van der Waals surface area (Å²) in [6, 6.07) is 0. The highest BCUT2D eigenvalue weighted by Crippen LogP contribution is 2.69. The fraction of sp³-hybridized carbons (Fsp3) is 0.960. The summed E-state index contributed by atoms with van der Waals surface area (Å²) in [5, 5.41) is -2.10. The molecule has 3 aliphatic rings. The van der Waals surface area contributed by atoms with Gasteiger partial charge in [-0.1, -0.05) is 27.7 Å². The van der Waals surface area contributed by atoms with E-state index in [0.717, 1.165) is 12.8 Å². The summed E-state index contributed by atoms with van der Waals surface area (Å²) in [4.78, 5) is 12.8. The molecule has 0 spiro atoms. The largest absolute Gasteiger partial charge is 0.457 e. The standard InChI is InChI=1S/C25H39F6NO5S/c1-15(2)21(8-5-6-9-21)37-19(33)13-36-17-11-16-7-10-22(17,20(16,3)4)18(38(34)35)12-23(26,27)25(30,31)24(28,29)14-32/h15-18,38H,5-14,32H2,1-4H3. The summed E-state index contributed by atoms with van der Waals surface area (Å²) in [6.45, 7) is 4.57. The van der Waals surface area contributed by atoms with Gasteiger partial charge in [-0.25, -0.2) is 13.2 Å². The molecule has 0 aromatic carbocycles. The van der Waals surface area contributed by atoms with Crippen molar-refractivity contribution in [3.63, 3.8) is 0 Å². The lowest BCUT2D eigenvalue weighted by Gasteiger charge is -2.47. The van der Waals surface area contributed by atoms with Crippen molar-refractivity contribution in [1.29, 1.82) is 0 Å². The number of alkyl halides is 6. The molecule has 13 heteroatoms. The van der Waals surface area contributed by atoms with Gasteiger partial charge in [-0.05, 0) is 62.2 Å². The van der Waals surface area contributed by atoms with Crippen LogP contribution in [0, 0.1) is 22.7 Å². The third-order valence-corrected chi connectivity index (χ3v) is 11.0. The summed E-state index contributed by atoms with van der Waals surface area (Å²) in [7, 11) is -3.78. The van der Waals surface area contributed by atoms with E-state index in [1.165, 1.54) is 0 Å². The van der Waals surface area contributed by atoms with Gasteiger partial charge in [0, 0.05) is 11.8 Å². The molecular weight excluding hydrogens is 540 g/mol. The molecule has 0 saturated heterocycles. The first-order chi connectivity index (χ1) is 17.3. The number of carbonyl (C=O) groups is 1. The Bertz CT molecular complexity index is 958. The molecule has 2 N–H and O–H groups in total. The summed E-state index contributed by atoms with van der Waals surface area (Å²) >= 11 is 0. The average Bonchev–Trinajstić information content (AvgIpc) is 3.45. The van der Waals surface area contributed by atoms with Crippen LogP contribution in [0.15, 0.2) is 0 Å². The minimum Gasteiger partial charge on any atom is -0.457 e. The molecule has 0 amide bonds. The maximum atomic E-state index is 14.8. The SMILES string of the molecule is CC(C)C1(OC(=O)COC2CC3CCC2(C(CC(F)(F)C(F)(F)C(F)(F)CN)[SH](=O)=O)C3(C)C)CCCC1. The Balaban J connectivity index is 1.88. The molecule has 0 aromatic rings. The molecule has 0 heterocycles. The molecule has 3 saturated carbocycles. The zero-order valence-electron chi connectivity index (χ0n) is 22.2. The van der Waals surface area contributed by atoms with Crippen LogP contribution in [0.3, 0.4) is 0 Å². The number of fused-ring (bicyclic) bond motifs is 2. The zero-order valence-corrected chi connectivity index (χ0v) is 23.1. The van der Waals surface area contributed by atoms with Crippen molar-refractivity contribution in [1.82, 2.24) is 0 Å². The van der Waals surface area contributed by atoms with Crippen molar-refractivity contribution in [2.24, 2.45) is 28.4 Å². The molecule has 0 radical (unpaired) electrons.